The Labute approximate surface area is 181 Å². The van der Waals surface area contributed by atoms with Gasteiger partial charge in [0.25, 0.3) is 0 Å². The quantitative estimate of drug-likeness (QED) is 0.397. The first-order chi connectivity index (χ1) is 15.0. The van der Waals surface area contributed by atoms with Gasteiger partial charge >= 0.3 is 5.69 Å². The molecule has 2 fully saturated rings. The molecule has 2 saturated heterocycles. The van der Waals surface area contributed by atoms with Crippen LogP contribution in [0.15, 0.2) is 24.5 Å². The fourth-order valence-electron chi connectivity index (χ4n) is 4.81. The normalized spacial score (nSPS) is 18.8. The number of nitrogens with zero attached hydrogens (tertiary/aromatic N) is 5. The van der Waals surface area contributed by atoms with Crippen LogP contribution in [0.4, 0.5) is 11.4 Å². The minimum atomic E-state index is -0.405. The van der Waals surface area contributed by atoms with Crippen molar-refractivity contribution >= 4 is 17.7 Å². The molecule has 0 aliphatic carbocycles. The number of aryl methyl sites for hydroxylation is 1. The third-order valence-electron chi connectivity index (χ3n) is 6.60. The third kappa shape index (κ3) is 4.41. The molecule has 2 aliphatic heterocycles. The van der Waals surface area contributed by atoms with Gasteiger partial charge in [-0.2, -0.15) is 5.10 Å². The van der Waals surface area contributed by atoms with Gasteiger partial charge in [0, 0.05) is 67.2 Å². The Morgan fingerprint density at radius 1 is 1.16 bits per heavy atom. The molecule has 0 N–H and O–H groups in total. The topological polar surface area (TPSA) is 93.7 Å². The predicted molar refractivity (Wildman–Crippen MR) is 117 cm³/mol. The van der Waals surface area contributed by atoms with Gasteiger partial charge in [-0.15, -0.1) is 0 Å². The van der Waals surface area contributed by atoms with Crippen molar-refractivity contribution in [3.63, 3.8) is 0 Å². The molecule has 0 bridgehead atoms. The lowest BCUT2D eigenvalue weighted by Crippen LogP contribution is -2.48. The van der Waals surface area contributed by atoms with E-state index in [9.17, 15) is 14.9 Å². The molecule has 9 nitrogen and oxygen atoms in total. The second kappa shape index (κ2) is 9.05. The van der Waals surface area contributed by atoms with Gasteiger partial charge in [-0.3, -0.25) is 14.8 Å². The predicted octanol–water partition coefficient (Wildman–Crippen LogP) is 2.88. The maximum Gasteiger partial charge on any atom is 0.311 e. The van der Waals surface area contributed by atoms with Crippen LogP contribution in [0.3, 0.4) is 0 Å². The number of methoxy groups -OCH3 is 1. The number of piperidine rings is 2. The molecule has 1 aromatic carbocycles. The summed E-state index contributed by atoms with van der Waals surface area (Å²) in [4.78, 5) is 27.0. The SMILES string of the molecule is COc1cc(N2CCC(N3CCC(C=O)CC3)CC2)c(-c2cnn(C)c2)cc1[N+](=O)[O-]. The van der Waals surface area contributed by atoms with Gasteiger partial charge in [0.05, 0.1) is 18.2 Å². The second-order valence-corrected chi connectivity index (χ2v) is 8.43. The summed E-state index contributed by atoms with van der Waals surface area (Å²) in [6, 6.07) is 3.91. The highest BCUT2D eigenvalue weighted by Gasteiger charge is 2.30. The molecular weight excluding hydrogens is 398 g/mol. The molecule has 1 aromatic heterocycles. The molecule has 0 radical (unpaired) electrons. The van der Waals surface area contributed by atoms with Gasteiger partial charge in [-0.25, -0.2) is 0 Å². The zero-order valence-corrected chi connectivity index (χ0v) is 18.1. The minimum Gasteiger partial charge on any atom is -0.490 e. The number of rotatable bonds is 6. The Bertz CT molecular complexity index is 943. The number of nitro benzene ring substituents is 1. The van der Waals surface area contributed by atoms with E-state index in [2.05, 4.69) is 14.9 Å². The number of aromatic nitrogens is 2. The van der Waals surface area contributed by atoms with E-state index < -0.39 is 4.92 Å². The molecule has 166 valence electrons. The summed E-state index contributed by atoms with van der Waals surface area (Å²) in [6.07, 6.45) is 8.66. The van der Waals surface area contributed by atoms with Gasteiger partial charge in [0.2, 0.25) is 0 Å². The summed E-state index contributed by atoms with van der Waals surface area (Å²) in [5.74, 6) is 0.483. The Kier molecular flexibility index (Phi) is 6.22. The van der Waals surface area contributed by atoms with Gasteiger partial charge in [0.1, 0.15) is 6.29 Å². The van der Waals surface area contributed by atoms with Gasteiger partial charge in [0.15, 0.2) is 5.75 Å². The van der Waals surface area contributed by atoms with E-state index in [1.54, 1.807) is 23.0 Å². The van der Waals surface area contributed by atoms with Crippen molar-refractivity contribution in [1.82, 2.24) is 14.7 Å². The minimum absolute atomic E-state index is 0.0435. The fourth-order valence-corrected chi connectivity index (χ4v) is 4.81. The van der Waals surface area contributed by atoms with E-state index in [0.29, 0.717) is 6.04 Å². The summed E-state index contributed by atoms with van der Waals surface area (Å²) in [5.41, 5.74) is 2.54. The number of carbonyl (C=O) groups is 1. The van der Waals surface area contributed by atoms with Crippen molar-refractivity contribution in [2.24, 2.45) is 13.0 Å². The summed E-state index contributed by atoms with van der Waals surface area (Å²) < 4.78 is 7.04. The van der Waals surface area contributed by atoms with E-state index in [4.69, 9.17) is 4.74 Å². The fraction of sp³-hybridized carbons (Fsp3) is 0.545. The van der Waals surface area contributed by atoms with Crippen LogP contribution in [0.1, 0.15) is 25.7 Å². The molecule has 0 saturated carbocycles. The number of benzene rings is 1. The van der Waals surface area contributed by atoms with Crippen molar-refractivity contribution in [2.45, 2.75) is 31.7 Å². The van der Waals surface area contributed by atoms with Crippen molar-refractivity contribution in [1.29, 1.82) is 0 Å². The average Bonchev–Trinajstić information content (AvgIpc) is 3.24. The lowest BCUT2D eigenvalue weighted by atomic mass is 9.94. The first-order valence-electron chi connectivity index (χ1n) is 10.8. The highest BCUT2D eigenvalue weighted by atomic mass is 16.6. The molecule has 4 rings (SSSR count). The van der Waals surface area contributed by atoms with Gasteiger partial charge in [-0.1, -0.05) is 0 Å². The number of carbonyl (C=O) groups excluding carboxylic acids is 1. The molecule has 9 heteroatoms. The van der Waals surface area contributed by atoms with Crippen molar-refractivity contribution in [3.8, 4) is 16.9 Å². The standard InChI is InChI=1S/C22H29N5O4/c1-24-14-17(13-23-24)19-11-21(27(29)30)22(31-2)12-20(19)26-9-5-18(6-10-26)25-7-3-16(15-28)4-8-25/h11-16,18H,3-10H2,1-2H3. The highest BCUT2D eigenvalue weighted by Crippen LogP contribution is 2.41. The number of hydrogen-bond donors (Lipinski definition) is 0. The Morgan fingerprint density at radius 2 is 1.87 bits per heavy atom. The summed E-state index contributed by atoms with van der Waals surface area (Å²) in [6.45, 7) is 3.71. The monoisotopic (exact) mass is 427 g/mol. The number of nitro groups is 1. The zero-order chi connectivity index (χ0) is 22.0. The number of anilines is 1. The maximum atomic E-state index is 11.6. The summed E-state index contributed by atoms with van der Waals surface area (Å²) in [7, 11) is 3.30. The molecule has 31 heavy (non-hydrogen) atoms. The molecule has 0 spiro atoms. The van der Waals surface area contributed by atoms with E-state index in [-0.39, 0.29) is 17.4 Å². The van der Waals surface area contributed by atoms with Crippen molar-refractivity contribution in [3.05, 3.63) is 34.6 Å². The van der Waals surface area contributed by atoms with E-state index >= 15 is 0 Å². The first-order valence-corrected chi connectivity index (χ1v) is 10.8. The van der Waals surface area contributed by atoms with E-state index in [1.807, 2.05) is 13.2 Å². The number of hydrogen-bond acceptors (Lipinski definition) is 7. The molecular formula is C22H29N5O4. The highest BCUT2D eigenvalue weighted by molar-refractivity contribution is 5.82. The van der Waals surface area contributed by atoms with Crippen LogP contribution in [0.5, 0.6) is 5.75 Å². The van der Waals surface area contributed by atoms with Crippen LogP contribution in [0, 0.1) is 16.0 Å². The van der Waals surface area contributed by atoms with Crippen LogP contribution in [0.25, 0.3) is 11.1 Å². The van der Waals surface area contributed by atoms with Gasteiger partial charge < -0.3 is 19.3 Å². The third-order valence-corrected chi connectivity index (χ3v) is 6.60. The molecule has 2 aromatic rings. The number of ether oxygens (including phenoxy) is 1. The zero-order valence-electron chi connectivity index (χ0n) is 18.1. The molecule has 2 aliphatic rings. The smallest absolute Gasteiger partial charge is 0.311 e. The van der Waals surface area contributed by atoms with Crippen molar-refractivity contribution in [2.75, 3.05) is 38.2 Å². The van der Waals surface area contributed by atoms with Crippen LogP contribution in [-0.4, -0.2) is 65.2 Å². The van der Waals surface area contributed by atoms with E-state index in [1.165, 1.54) is 7.11 Å². The number of aldehydes is 1. The lowest BCUT2D eigenvalue weighted by molar-refractivity contribution is -0.385. The second-order valence-electron chi connectivity index (χ2n) is 8.43. The Hall–Kier alpha value is -2.94. The summed E-state index contributed by atoms with van der Waals surface area (Å²) in [5, 5.41) is 15.8. The van der Waals surface area contributed by atoms with Crippen LogP contribution < -0.4 is 9.64 Å². The van der Waals surface area contributed by atoms with Crippen LogP contribution in [0.2, 0.25) is 0 Å². The van der Waals surface area contributed by atoms with E-state index in [0.717, 1.165) is 75.0 Å². The average molecular weight is 428 g/mol. The molecule has 0 unspecified atom stereocenters. The van der Waals surface area contributed by atoms with Crippen LogP contribution in [-0.2, 0) is 11.8 Å². The first kappa shape index (κ1) is 21.3. The maximum absolute atomic E-state index is 11.6. The molecule has 3 heterocycles. The largest absolute Gasteiger partial charge is 0.490 e. The molecule has 0 atom stereocenters. The summed E-state index contributed by atoms with van der Waals surface area (Å²) >= 11 is 0. The Morgan fingerprint density at radius 3 is 2.42 bits per heavy atom. The lowest BCUT2D eigenvalue weighted by Gasteiger charge is -2.42. The molecule has 0 amide bonds. The Balaban J connectivity index is 1.56. The van der Waals surface area contributed by atoms with Crippen molar-refractivity contribution < 1.29 is 14.5 Å². The van der Waals surface area contributed by atoms with Gasteiger partial charge in [-0.05, 0) is 38.8 Å². The number of likely N-dealkylation sites (tertiary alicyclic amines) is 1. The van der Waals surface area contributed by atoms with Crippen LogP contribution >= 0.6 is 0 Å².